The molecular formula is C34H45NO9. The molecule has 0 fully saturated rings. The van der Waals surface area contributed by atoms with Gasteiger partial charge in [-0.25, -0.2) is 14.4 Å². The number of carboxylic acid groups (broad SMARTS) is 2. The van der Waals surface area contributed by atoms with E-state index in [9.17, 15) is 9.59 Å². The highest BCUT2D eigenvalue weighted by molar-refractivity contribution is 6.27. The average molecular weight is 612 g/mol. The van der Waals surface area contributed by atoms with Gasteiger partial charge >= 0.3 is 17.9 Å². The number of rotatable bonds is 17. The van der Waals surface area contributed by atoms with E-state index in [2.05, 4.69) is 25.7 Å². The number of methoxy groups -OCH3 is 1. The third-order valence-corrected chi connectivity index (χ3v) is 7.01. The summed E-state index contributed by atoms with van der Waals surface area (Å²) < 4.78 is 16.9. The van der Waals surface area contributed by atoms with E-state index in [-0.39, 0.29) is 5.78 Å². The minimum atomic E-state index is -1.82. The normalized spacial score (nSPS) is 10.8. The number of carbonyl (C=O) groups is 4. The summed E-state index contributed by atoms with van der Waals surface area (Å²) in [6, 6.07) is 12.4. The maximum absolute atomic E-state index is 13.7. The van der Waals surface area contributed by atoms with Crippen molar-refractivity contribution in [3.63, 3.8) is 0 Å². The molecule has 0 aliphatic carbocycles. The van der Waals surface area contributed by atoms with Crippen molar-refractivity contribution in [2.45, 2.75) is 72.1 Å². The highest BCUT2D eigenvalue weighted by Crippen LogP contribution is 2.31. The van der Waals surface area contributed by atoms with E-state index >= 15 is 0 Å². The van der Waals surface area contributed by atoms with Gasteiger partial charge in [-0.15, -0.1) is 0 Å². The molecule has 3 rings (SSSR count). The molecule has 0 aliphatic heterocycles. The fourth-order valence-electron chi connectivity index (χ4n) is 4.58. The van der Waals surface area contributed by atoms with Crippen LogP contribution in [0.15, 0.2) is 46.9 Å². The van der Waals surface area contributed by atoms with Gasteiger partial charge in [-0.1, -0.05) is 40.0 Å². The standard InChI is InChI=1S/C32H43NO5.C2H2O4/c1-5-8-12-29-30(27-23-25(32(35)36-4)15-18-28(27)38-29)31(34)24-13-16-26(17-14-24)37-22-11-21-33(19-9-6-2)20-10-7-3;3-1(4)2(5)6/h13-18,23H,5-12,19-22H2,1-4H3;(H,3,4)(H,5,6). The summed E-state index contributed by atoms with van der Waals surface area (Å²) in [4.78, 5) is 46.5. The van der Waals surface area contributed by atoms with Crippen LogP contribution in [0.1, 0.15) is 97.8 Å². The fourth-order valence-corrected chi connectivity index (χ4v) is 4.58. The molecule has 2 N–H and O–H groups in total. The lowest BCUT2D eigenvalue weighted by Crippen LogP contribution is -2.28. The van der Waals surface area contributed by atoms with Crippen LogP contribution in [0.4, 0.5) is 0 Å². The van der Waals surface area contributed by atoms with Crippen LogP contribution in [-0.2, 0) is 20.7 Å². The number of fused-ring (bicyclic) bond motifs is 1. The first kappa shape index (κ1) is 36.0. The average Bonchev–Trinajstić information content (AvgIpc) is 3.40. The van der Waals surface area contributed by atoms with Gasteiger partial charge in [-0.2, -0.15) is 0 Å². The Morgan fingerprint density at radius 1 is 0.773 bits per heavy atom. The van der Waals surface area contributed by atoms with Crippen LogP contribution in [0.5, 0.6) is 5.75 Å². The van der Waals surface area contributed by atoms with Crippen molar-refractivity contribution in [1.29, 1.82) is 0 Å². The van der Waals surface area contributed by atoms with Crippen LogP contribution in [0.3, 0.4) is 0 Å². The number of unbranched alkanes of at least 4 members (excludes halogenated alkanes) is 3. The highest BCUT2D eigenvalue weighted by Gasteiger charge is 2.23. The molecule has 0 spiro atoms. The summed E-state index contributed by atoms with van der Waals surface area (Å²) in [7, 11) is 1.35. The molecule has 240 valence electrons. The van der Waals surface area contributed by atoms with Crippen LogP contribution >= 0.6 is 0 Å². The number of aryl methyl sites for hydroxylation is 1. The predicted octanol–water partition coefficient (Wildman–Crippen LogP) is 6.62. The van der Waals surface area contributed by atoms with Gasteiger partial charge in [0.15, 0.2) is 5.78 Å². The number of hydrogen-bond donors (Lipinski definition) is 2. The largest absolute Gasteiger partial charge is 0.494 e. The Bertz CT molecular complexity index is 1340. The van der Waals surface area contributed by atoms with Crippen LogP contribution in [0.2, 0.25) is 0 Å². The second-order valence-electron chi connectivity index (χ2n) is 10.4. The number of furan rings is 1. The Kier molecular flexibility index (Phi) is 15.7. The topological polar surface area (TPSA) is 144 Å². The lowest BCUT2D eigenvalue weighted by Gasteiger charge is -2.21. The maximum Gasteiger partial charge on any atom is 0.414 e. The zero-order valence-corrected chi connectivity index (χ0v) is 26.2. The van der Waals surface area contributed by atoms with E-state index < -0.39 is 17.9 Å². The monoisotopic (exact) mass is 611 g/mol. The first-order valence-electron chi connectivity index (χ1n) is 15.3. The van der Waals surface area contributed by atoms with Crippen LogP contribution in [0.25, 0.3) is 11.0 Å². The molecule has 3 aromatic rings. The van der Waals surface area contributed by atoms with Crippen molar-refractivity contribution in [3.8, 4) is 5.75 Å². The Morgan fingerprint density at radius 3 is 1.89 bits per heavy atom. The minimum absolute atomic E-state index is 0.120. The molecule has 10 nitrogen and oxygen atoms in total. The number of hydrogen-bond acceptors (Lipinski definition) is 8. The Morgan fingerprint density at radius 2 is 1.34 bits per heavy atom. The maximum atomic E-state index is 13.7. The molecule has 0 bridgehead atoms. The van der Waals surface area contributed by atoms with Gasteiger partial charge in [0, 0.05) is 23.9 Å². The predicted molar refractivity (Wildman–Crippen MR) is 168 cm³/mol. The van der Waals surface area contributed by atoms with Crippen molar-refractivity contribution < 1.29 is 43.3 Å². The molecule has 1 aromatic heterocycles. The van der Waals surface area contributed by atoms with Crippen molar-refractivity contribution >= 4 is 34.7 Å². The number of nitrogens with zero attached hydrogens (tertiary/aromatic N) is 1. The van der Waals surface area contributed by atoms with Crippen LogP contribution < -0.4 is 4.74 Å². The highest BCUT2D eigenvalue weighted by atomic mass is 16.5. The number of carboxylic acids is 2. The number of ether oxygens (including phenoxy) is 2. The van der Waals surface area contributed by atoms with E-state index in [1.807, 2.05) is 12.1 Å². The molecule has 0 aliphatic rings. The lowest BCUT2D eigenvalue weighted by atomic mass is 9.97. The first-order chi connectivity index (χ1) is 21.2. The van der Waals surface area contributed by atoms with Gasteiger partial charge in [0.2, 0.25) is 0 Å². The van der Waals surface area contributed by atoms with Gasteiger partial charge in [-0.05, 0) is 81.2 Å². The zero-order valence-electron chi connectivity index (χ0n) is 26.2. The van der Waals surface area contributed by atoms with E-state index in [4.69, 9.17) is 33.7 Å². The van der Waals surface area contributed by atoms with Gasteiger partial charge in [0.1, 0.15) is 17.1 Å². The van der Waals surface area contributed by atoms with E-state index in [0.29, 0.717) is 46.4 Å². The first-order valence-corrected chi connectivity index (χ1v) is 15.3. The molecule has 0 radical (unpaired) electrons. The molecule has 0 amide bonds. The number of ketones is 1. The third kappa shape index (κ3) is 11.1. The molecular weight excluding hydrogens is 566 g/mol. The molecule has 0 atom stereocenters. The van der Waals surface area contributed by atoms with E-state index in [0.717, 1.165) is 44.6 Å². The zero-order chi connectivity index (χ0) is 32.5. The minimum Gasteiger partial charge on any atom is -0.494 e. The molecule has 2 aromatic carbocycles. The summed E-state index contributed by atoms with van der Waals surface area (Å²) in [6.45, 7) is 10.6. The molecule has 10 heteroatoms. The second-order valence-corrected chi connectivity index (χ2v) is 10.4. The van der Waals surface area contributed by atoms with Crippen LogP contribution in [0, 0.1) is 0 Å². The fraction of sp³-hybridized carbons (Fsp3) is 0.471. The summed E-state index contributed by atoms with van der Waals surface area (Å²) in [6.07, 6.45) is 8.42. The van der Waals surface area contributed by atoms with Crippen LogP contribution in [-0.4, -0.2) is 72.2 Å². The number of benzene rings is 2. The molecule has 0 saturated carbocycles. The Labute approximate surface area is 258 Å². The smallest absolute Gasteiger partial charge is 0.414 e. The third-order valence-electron chi connectivity index (χ3n) is 7.01. The Balaban J connectivity index is 0.00000102. The summed E-state index contributed by atoms with van der Waals surface area (Å²) in [5.41, 5.74) is 2.07. The summed E-state index contributed by atoms with van der Waals surface area (Å²) in [5.74, 6) is -2.80. The summed E-state index contributed by atoms with van der Waals surface area (Å²) in [5, 5.41) is 15.4. The molecule has 0 unspecified atom stereocenters. The quantitative estimate of drug-likeness (QED) is 0.0739. The van der Waals surface area contributed by atoms with Crippen molar-refractivity contribution in [2.24, 2.45) is 0 Å². The SMILES string of the molecule is CCCCc1oc2ccc(C(=O)OC)cc2c1C(=O)c1ccc(OCCCN(CCCC)CCCC)cc1.O=C(O)C(=O)O. The second kappa shape index (κ2) is 19.2. The van der Waals surface area contributed by atoms with Crippen molar-refractivity contribution in [3.05, 3.63) is 64.9 Å². The molecule has 44 heavy (non-hydrogen) atoms. The lowest BCUT2D eigenvalue weighted by molar-refractivity contribution is -0.159. The molecule has 0 saturated heterocycles. The number of esters is 1. The van der Waals surface area contributed by atoms with Gasteiger partial charge < -0.3 is 29.0 Å². The van der Waals surface area contributed by atoms with Gasteiger partial charge in [0.05, 0.1) is 24.8 Å². The van der Waals surface area contributed by atoms with Crippen molar-refractivity contribution in [1.82, 2.24) is 4.90 Å². The number of carbonyl (C=O) groups excluding carboxylic acids is 2. The van der Waals surface area contributed by atoms with Gasteiger partial charge in [-0.3, -0.25) is 4.79 Å². The molecule has 1 heterocycles. The Hall–Kier alpha value is -4.18. The van der Waals surface area contributed by atoms with E-state index in [1.54, 1.807) is 30.3 Å². The number of aliphatic carboxylic acids is 2. The van der Waals surface area contributed by atoms with E-state index in [1.165, 1.54) is 32.8 Å². The van der Waals surface area contributed by atoms with Gasteiger partial charge in [0.25, 0.3) is 0 Å². The summed E-state index contributed by atoms with van der Waals surface area (Å²) >= 11 is 0. The van der Waals surface area contributed by atoms with Crippen molar-refractivity contribution in [2.75, 3.05) is 33.4 Å².